The number of furan rings is 1. The van der Waals surface area contributed by atoms with E-state index < -0.39 is 0 Å². The largest absolute Gasteiger partial charge is 0.459 e. The van der Waals surface area contributed by atoms with E-state index in [9.17, 15) is 14.9 Å². The number of nitrogens with two attached hydrogens (primary N) is 2. The second-order valence-electron chi connectivity index (χ2n) is 8.85. The number of nitrogens with zero attached hydrogens (tertiary/aromatic N) is 6. The number of amides is 2. The molecule has 11 nitrogen and oxygen atoms in total. The lowest BCUT2D eigenvalue weighted by molar-refractivity contribution is -0.117. The van der Waals surface area contributed by atoms with Crippen LogP contribution in [0.2, 0.25) is 0 Å². The number of nitriles is 1. The number of carbonyl (C=O) groups is 2. The molecule has 0 atom stereocenters. The number of carbonyl (C=O) groups excluding carboxylic acids is 2. The summed E-state index contributed by atoms with van der Waals surface area (Å²) < 4.78 is 5.24. The first-order valence-electron chi connectivity index (χ1n) is 11.7. The van der Waals surface area contributed by atoms with Crippen molar-refractivity contribution in [1.29, 1.82) is 5.26 Å². The summed E-state index contributed by atoms with van der Waals surface area (Å²) in [4.78, 5) is 41.0. The van der Waals surface area contributed by atoms with Crippen molar-refractivity contribution in [3.8, 4) is 6.07 Å². The van der Waals surface area contributed by atoms with Crippen LogP contribution in [0.25, 0.3) is 10.8 Å². The zero-order valence-corrected chi connectivity index (χ0v) is 20.5. The summed E-state index contributed by atoms with van der Waals surface area (Å²) >= 11 is 1.55. The van der Waals surface area contributed by atoms with Gasteiger partial charge >= 0.3 is 0 Å². The van der Waals surface area contributed by atoms with Crippen LogP contribution in [0.3, 0.4) is 0 Å². The fourth-order valence-corrected chi connectivity index (χ4v) is 5.68. The molecule has 0 aromatic carbocycles. The van der Waals surface area contributed by atoms with Gasteiger partial charge in [0.25, 0.3) is 5.91 Å². The standard InChI is InChI=1S/C25H22N8O3S/c26-12-16-19-15-11-18(34)33(13-14-3-2-10-37-14)24(15)30-22(28)20(19)21(27)29-23(16)31-5-7-32(8-6-31)25(35)17-4-1-9-36-17/h1-4,9-10H,5-8,11,13H2,(H2,27,29)(H2,28,30). The van der Waals surface area contributed by atoms with Crippen LogP contribution in [-0.2, 0) is 17.8 Å². The molecule has 1 fully saturated rings. The van der Waals surface area contributed by atoms with E-state index in [-0.39, 0.29) is 35.6 Å². The van der Waals surface area contributed by atoms with Gasteiger partial charge in [-0.25, -0.2) is 9.97 Å². The molecule has 2 aliphatic rings. The first kappa shape index (κ1) is 22.8. The van der Waals surface area contributed by atoms with Crippen LogP contribution >= 0.6 is 11.3 Å². The number of thiophene rings is 1. The van der Waals surface area contributed by atoms with Gasteiger partial charge in [0.05, 0.1) is 24.6 Å². The van der Waals surface area contributed by atoms with E-state index in [0.29, 0.717) is 66.3 Å². The summed E-state index contributed by atoms with van der Waals surface area (Å²) in [6.45, 7) is 2.13. The van der Waals surface area contributed by atoms with Crippen molar-refractivity contribution in [2.75, 3.05) is 47.4 Å². The molecule has 12 heteroatoms. The zero-order chi connectivity index (χ0) is 25.7. The number of hydrogen-bond acceptors (Lipinski definition) is 10. The first-order chi connectivity index (χ1) is 18.0. The Kier molecular flexibility index (Phi) is 5.42. The van der Waals surface area contributed by atoms with E-state index >= 15 is 0 Å². The Morgan fingerprint density at radius 2 is 1.84 bits per heavy atom. The maximum absolute atomic E-state index is 13.0. The maximum Gasteiger partial charge on any atom is 0.289 e. The summed E-state index contributed by atoms with van der Waals surface area (Å²) in [7, 11) is 0. The van der Waals surface area contributed by atoms with E-state index in [2.05, 4.69) is 16.0 Å². The highest BCUT2D eigenvalue weighted by atomic mass is 32.1. The average Bonchev–Trinajstić information content (AvgIpc) is 3.67. The van der Waals surface area contributed by atoms with Gasteiger partial charge < -0.3 is 25.7 Å². The fraction of sp³-hybridized carbons (Fsp3) is 0.240. The Labute approximate surface area is 215 Å². The number of hydrogen-bond donors (Lipinski definition) is 2. The molecule has 0 saturated carbocycles. The van der Waals surface area contributed by atoms with Gasteiger partial charge in [0.2, 0.25) is 5.91 Å². The van der Waals surface area contributed by atoms with E-state index in [0.717, 1.165) is 4.88 Å². The van der Waals surface area contributed by atoms with Gasteiger partial charge in [0.15, 0.2) is 5.76 Å². The van der Waals surface area contributed by atoms with Gasteiger partial charge in [-0.2, -0.15) is 5.26 Å². The monoisotopic (exact) mass is 514 g/mol. The van der Waals surface area contributed by atoms with Crippen LogP contribution in [0.4, 0.5) is 23.3 Å². The highest BCUT2D eigenvalue weighted by Crippen LogP contribution is 2.42. The average molecular weight is 515 g/mol. The fourth-order valence-electron chi connectivity index (χ4n) is 4.99. The molecular formula is C25H22N8O3S. The number of pyridine rings is 2. The predicted molar refractivity (Wildman–Crippen MR) is 139 cm³/mol. The number of rotatable bonds is 4. The second kappa shape index (κ2) is 8.79. The molecule has 186 valence electrons. The summed E-state index contributed by atoms with van der Waals surface area (Å²) in [6, 6.07) is 9.48. The zero-order valence-electron chi connectivity index (χ0n) is 19.7. The van der Waals surface area contributed by atoms with Crippen LogP contribution in [0.15, 0.2) is 40.3 Å². The van der Waals surface area contributed by atoms with E-state index in [4.69, 9.17) is 15.9 Å². The van der Waals surface area contributed by atoms with Gasteiger partial charge in [-0.1, -0.05) is 6.07 Å². The number of nitrogen functional groups attached to an aromatic ring is 2. The molecule has 1 saturated heterocycles. The third-order valence-corrected chi connectivity index (χ3v) is 7.61. The SMILES string of the molecule is N#Cc1c(N2CCN(C(=O)c3ccco3)CC2)nc(N)c2c(N)nc3c(c12)CC(=O)N3Cc1cccs1. The van der Waals surface area contributed by atoms with Crippen LogP contribution < -0.4 is 21.3 Å². The maximum atomic E-state index is 13.0. The molecule has 0 unspecified atom stereocenters. The Bertz CT molecular complexity index is 1570. The first-order valence-corrected chi connectivity index (χ1v) is 12.6. The van der Waals surface area contributed by atoms with E-state index in [1.807, 2.05) is 22.4 Å². The quantitative estimate of drug-likeness (QED) is 0.417. The lowest BCUT2D eigenvalue weighted by Crippen LogP contribution is -2.49. The van der Waals surface area contributed by atoms with Crippen molar-refractivity contribution in [3.05, 3.63) is 57.7 Å². The van der Waals surface area contributed by atoms with Crippen molar-refractivity contribution in [3.63, 3.8) is 0 Å². The minimum Gasteiger partial charge on any atom is -0.459 e. The molecule has 0 aliphatic carbocycles. The van der Waals surface area contributed by atoms with Crippen LogP contribution in [0.5, 0.6) is 0 Å². The molecule has 0 bridgehead atoms. The Balaban J connectivity index is 1.39. The highest BCUT2D eigenvalue weighted by Gasteiger charge is 2.35. The van der Waals surface area contributed by atoms with Gasteiger partial charge in [-0.05, 0) is 23.6 Å². The lowest BCUT2D eigenvalue weighted by atomic mass is 10.00. The van der Waals surface area contributed by atoms with E-state index in [1.54, 1.807) is 33.3 Å². The van der Waals surface area contributed by atoms with Gasteiger partial charge in [0, 0.05) is 42.0 Å². The summed E-state index contributed by atoms with van der Waals surface area (Å²) in [6.07, 6.45) is 1.56. The number of fused-ring (bicyclic) bond motifs is 3. The van der Waals surface area contributed by atoms with Crippen LogP contribution in [-0.4, -0.2) is 52.9 Å². The molecule has 4 N–H and O–H groups in total. The number of anilines is 4. The topological polar surface area (TPSA) is 159 Å². The van der Waals surface area contributed by atoms with E-state index in [1.165, 1.54) is 6.26 Å². The summed E-state index contributed by atoms with van der Waals surface area (Å²) in [5, 5.41) is 13.1. The smallest absolute Gasteiger partial charge is 0.289 e. The molecule has 2 amide bonds. The van der Waals surface area contributed by atoms with Crippen molar-refractivity contribution in [2.24, 2.45) is 0 Å². The van der Waals surface area contributed by atoms with Crippen LogP contribution in [0, 0.1) is 11.3 Å². The molecular weight excluding hydrogens is 492 g/mol. The molecule has 0 spiro atoms. The third kappa shape index (κ3) is 3.71. The Morgan fingerprint density at radius 3 is 2.49 bits per heavy atom. The number of aromatic nitrogens is 2. The van der Waals surface area contributed by atoms with Crippen molar-refractivity contribution < 1.29 is 14.0 Å². The summed E-state index contributed by atoms with van der Waals surface area (Å²) in [5.41, 5.74) is 13.6. The summed E-state index contributed by atoms with van der Waals surface area (Å²) in [5.74, 6) is 1.12. The Hall–Kier alpha value is -4.63. The van der Waals surface area contributed by atoms with Gasteiger partial charge in [-0.15, -0.1) is 11.3 Å². The van der Waals surface area contributed by atoms with Crippen molar-refractivity contribution in [2.45, 2.75) is 13.0 Å². The second-order valence-corrected chi connectivity index (χ2v) is 9.88. The van der Waals surface area contributed by atoms with Gasteiger partial charge in [0.1, 0.15) is 34.9 Å². The third-order valence-electron chi connectivity index (χ3n) is 6.75. The minimum atomic E-state index is -0.183. The lowest BCUT2D eigenvalue weighted by Gasteiger charge is -2.35. The minimum absolute atomic E-state index is 0.0908. The Morgan fingerprint density at radius 1 is 1.08 bits per heavy atom. The molecule has 0 radical (unpaired) electrons. The van der Waals surface area contributed by atoms with Crippen molar-refractivity contribution >= 4 is 57.2 Å². The number of piperazine rings is 1. The molecule has 6 rings (SSSR count). The molecule has 4 aromatic rings. The molecule has 2 aliphatic heterocycles. The molecule has 4 aromatic heterocycles. The molecule has 6 heterocycles. The van der Waals surface area contributed by atoms with Gasteiger partial charge in [-0.3, -0.25) is 14.5 Å². The predicted octanol–water partition coefficient (Wildman–Crippen LogP) is 2.37. The normalized spacial score (nSPS) is 15.3. The van der Waals surface area contributed by atoms with Crippen molar-refractivity contribution in [1.82, 2.24) is 14.9 Å². The van der Waals surface area contributed by atoms with Crippen LogP contribution in [0.1, 0.15) is 26.6 Å². The highest BCUT2D eigenvalue weighted by molar-refractivity contribution is 7.09. The molecule has 37 heavy (non-hydrogen) atoms.